The van der Waals surface area contributed by atoms with Crippen molar-refractivity contribution in [3.05, 3.63) is 23.8 Å². The molecule has 35 heavy (non-hydrogen) atoms. The van der Waals surface area contributed by atoms with Crippen molar-refractivity contribution in [2.24, 2.45) is 0 Å². The van der Waals surface area contributed by atoms with Crippen molar-refractivity contribution in [2.75, 3.05) is 19.8 Å². The van der Waals surface area contributed by atoms with E-state index in [1.165, 1.54) is 18.2 Å². The first-order chi connectivity index (χ1) is 16.3. The van der Waals surface area contributed by atoms with Crippen LogP contribution in [0.1, 0.15) is 47.1 Å². The zero-order valence-electron chi connectivity index (χ0n) is 20.7. The van der Waals surface area contributed by atoms with Gasteiger partial charge in [-0.1, -0.05) is 6.07 Å². The first-order valence-corrected chi connectivity index (χ1v) is 11.0. The number of nitrogens with one attached hydrogen (secondary N) is 1. The van der Waals surface area contributed by atoms with Gasteiger partial charge in [0.15, 0.2) is 11.5 Å². The molecular formula is C23H33NO11. The molecule has 12 heteroatoms. The zero-order valence-corrected chi connectivity index (χ0v) is 20.7. The number of aliphatic carboxylic acids is 1. The molecule has 0 amide bonds. The Hall–Kier alpha value is -3.54. The van der Waals surface area contributed by atoms with E-state index in [2.05, 4.69) is 5.32 Å². The summed E-state index contributed by atoms with van der Waals surface area (Å²) in [4.78, 5) is 47.0. The van der Waals surface area contributed by atoms with Gasteiger partial charge in [-0.15, -0.1) is 0 Å². The van der Waals surface area contributed by atoms with E-state index in [-0.39, 0.29) is 37.7 Å². The van der Waals surface area contributed by atoms with Crippen molar-refractivity contribution in [3.8, 4) is 11.5 Å². The Bertz CT molecular complexity index is 879. The second-order valence-electron chi connectivity index (χ2n) is 8.25. The molecule has 0 heterocycles. The first-order valence-electron chi connectivity index (χ1n) is 11.0. The average Bonchev–Trinajstić information content (AvgIpc) is 2.71. The third kappa shape index (κ3) is 11.9. The summed E-state index contributed by atoms with van der Waals surface area (Å²) in [6.45, 7) is 10.0. The number of hydrogen-bond donors (Lipinski definition) is 2. The number of hydrogen-bond acceptors (Lipinski definition) is 11. The molecule has 196 valence electrons. The van der Waals surface area contributed by atoms with Gasteiger partial charge in [-0.3, -0.25) is 4.79 Å². The van der Waals surface area contributed by atoms with Crippen LogP contribution in [0, 0.1) is 0 Å². The number of carboxylic acids is 1. The minimum absolute atomic E-state index is 0.0342. The summed E-state index contributed by atoms with van der Waals surface area (Å²) in [7, 11) is 0. The molecule has 0 fully saturated rings. The summed E-state index contributed by atoms with van der Waals surface area (Å²) in [5.41, 5.74) is -0.276. The van der Waals surface area contributed by atoms with Crippen molar-refractivity contribution in [1.82, 2.24) is 5.32 Å². The van der Waals surface area contributed by atoms with Crippen LogP contribution in [-0.2, 0) is 30.2 Å². The highest BCUT2D eigenvalue weighted by Crippen LogP contribution is 2.30. The Morgan fingerprint density at radius 2 is 1.51 bits per heavy atom. The molecule has 0 aromatic heterocycles. The predicted molar refractivity (Wildman–Crippen MR) is 122 cm³/mol. The van der Waals surface area contributed by atoms with Crippen molar-refractivity contribution >= 4 is 24.4 Å². The van der Waals surface area contributed by atoms with Gasteiger partial charge in [0, 0.05) is 6.54 Å². The zero-order chi connectivity index (χ0) is 26.6. The molecular weight excluding hydrogens is 466 g/mol. The molecule has 0 spiro atoms. The van der Waals surface area contributed by atoms with E-state index < -0.39 is 42.2 Å². The molecule has 2 N–H and O–H groups in total. The molecule has 0 radical (unpaired) electrons. The molecule has 2 atom stereocenters. The molecule has 1 rings (SSSR count). The maximum Gasteiger partial charge on any atom is 0.513 e. The number of ether oxygens (including phenoxy) is 6. The van der Waals surface area contributed by atoms with E-state index >= 15 is 0 Å². The highest BCUT2D eigenvalue weighted by atomic mass is 16.7. The molecule has 12 nitrogen and oxygen atoms in total. The lowest BCUT2D eigenvalue weighted by atomic mass is 10.0. The van der Waals surface area contributed by atoms with E-state index in [9.17, 15) is 24.3 Å². The quantitative estimate of drug-likeness (QED) is 0.259. The van der Waals surface area contributed by atoms with Crippen molar-refractivity contribution < 1.29 is 52.7 Å². The number of rotatable bonds is 11. The minimum atomic E-state index is -1.16. The molecule has 1 unspecified atom stereocenters. The van der Waals surface area contributed by atoms with Crippen LogP contribution in [0.4, 0.5) is 14.4 Å². The number of carbonyl (C=O) groups excluding carboxylic acids is 3. The van der Waals surface area contributed by atoms with E-state index in [1.54, 1.807) is 41.5 Å². The van der Waals surface area contributed by atoms with Gasteiger partial charge in [0.1, 0.15) is 17.7 Å². The number of carbonyl (C=O) groups is 4. The van der Waals surface area contributed by atoms with E-state index in [0.29, 0.717) is 5.56 Å². The van der Waals surface area contributed by atoms with Crippen LogP contribution in [0.25, 0.3) is 0 Å². The Morgan fingerprint density at radius 1 is 0.943 bits per heavy atom. The SMILES string of the molecule is CCOC(=O)Oc1ccc(C[C@H](NCC(C)OC(=O)OC(C)(C)C)C(=O)O)cc1OC(=O)OCC. The molecule has 0 aliphatic heterocycles. The van der Waals surface area contributed by atoms with Crippen molar-refractivity contribution in [2.45, 2.75) is 65.7 Å². The van der Waals surface area contributed by atoms with Crippen LogP contribution in [0.5, 0.6) is 11.5 Å². The second-order valence-corrected chi connectivity index (χ2v) is 8.25. The van der Waals surface area contributed by atoms with Gasteiger partial charge in [-0.25, -0.2) is 14.4 Å². The maximum atomic E-state index is 11.8. The minimum Gasteiger partial charge on any atom is -0.480 e. The fourth-order valence-electron chi connectivity index (χ4n) is 2.59. The lowest BCUT2D eigenvalue weighted by Gasteiger charge is -2.22. The Balaban J connectivity index is 2.92. The number of carboxylic acid groups (broad SMARTS) is 1. The summed E-state index contributed by atoms with van der Waals surface area (Å²) < 4.78 is 29.8. The molecule has 0 bridgehead atoms. The molecule has 1 aromatic carbocycles. The fraction of sp³-hybridized carbons (Fsp3) is 0.565. The maximum absolute atomic E-state index is 11.8. The second kappa shape index (κ2) is 14.0. The molecule has 0 saturated carbocycles. The highest BCUT2D eigenvalue weighted by molar-refractivity contribution is 5.74. The predicted octanol–water partition coefficient (Wildman–Crippen LogP) is 3.68. The van der Waals surface area contributed by atoms with Gasteiger partial charge in [0.25, 0.3) is 0 Å². The molecule has 0 aliphatic carbocycles. The van der Waals surface area contributed by atoms with E-state index in [4.69, 9.17) is 28.4 Å². The van der Waals surface area contributed by atoms with Gasteiger partial charge in [-0.2, -0.15) is 0 Å². The molecule has 0 aliphatic rings. The van der Waals surface area contributed by atoms with Crippen LogP contribution in [0.15, 0.2) is 18.2 Å². The van der Waals surface area contributed by atoms with Crippen molar-refractivity contribution in [1.29, 1.82) is 0 Å². The van der Waals surface area contributed by atoms with Gasteiger partial charge in [-0.05, 0) is 65.7 Å². The van der Waals surface area contributed by atoms with Crippen LogP contribution < -0.4 is 14.8 Å². The van der Waals surface area contributed by atoms with Gasteiger partial charge >= 0.3 is 24.4 Å². The lowest BCUT2D eigenvalue weighted by Crippen LogP contribution is -2.43. The standard InChI is InChI=1S/C23H33NO11/c1-7-30-20(27)33-17-10-9-15(12-18(17)34-21(28)31-8-2)11-16(19(25)26)24-13-14(3)32-22(29)35-23(4,5)6/h9-10,12,14,16,24H,7-8,11,13H2,1-6H3,(H,25,26)/t14?,16-/m0/s1. The topological polar surface area (TPSA) is 156 Å². The number of benzene rings is 1. The van der Waals surface area contributed by atoms with Crippen LogP contribution in [0.2, 0.25) is 0 Å². The normalized spacial score (nSPS) is 12.6. The third-order valence-electron chi connectivity index (χ3n) is 4.00. The third-order valence-corrected chi connectivity index (χ3v) is 4.00. The smallest absolute Gasteiger partial charge is 0.480 e. The molecule has 0 saturated heterocycles. The monoisotopic (exact) mass is 499 g/mol. The Kier molecular flexibility index (Phi) is 11.8. The first kappa shape index (κ1) is 29.5. The Labute approximate surface area is 203 Å². The lowest BCUT2D eigenvalue weighted by molar-refractivity contribution is -0.139. The summed E-state index contributed by atoms with van der Waals surface area (Å²) in [5, 5.41) is 12.4. The Morgan fingerprint density at radius 3 is 2.03 bits per heavy atom. The van der Waals surface area contributed by atoms with Crippen LogP contribution >= 0.6 is 0 Å². The largest absolute Gasteiger partial charge is 0.513 e. The van der Waals surface area contributed by atoms with Gasteiger partial charge in [0.05, 0.1) is 13.2 Å². The fourth-order valence-corrected chi connectivity index (χ4v) is 2.59. The summed E-state index contributed by atoms with van der Waals surface area (Å²) >= 11 is 0. The molecule has 1 aromatic rings. The van der Waals surface area contributed by atoms with Gasteiger partial charge in [0.2, 0.25) is 0 Å². The van der Waals surface area contributed by atoms with Crippen LogP contribution in [0.3, 0.4) is 0 Å². The van der Waals surface area contributed by atoms with E-state index in [1.807, 2.05) is 0 Å². The average molecular weight is 500 g/mol. The van der Waals surface area contributed by atoms with E-state index in [0.717, 1.165) is 0 Å². The summed E-state index contributed by atoms with van der Waals surface area (Å²) in [6.07, 6.45) is -3.60. The van der Waals surface area contributed by atoms with Gasteiger partial charge < -0.3 is 38.8 Å². The highest BCUT2D eigenvalue weighted by Gasteiger charge is 2.23. The summed E-state index contributed by atoms with van der Waals surface area (Å²) in [6, 6.07) is 3.12. The van der Waals surface area contributed by atoms with Crippen molar-refractivity contribution in [3.63, 3.8) is 0 Å². The van der Waals surface area contributed by atoms with Crippen LogP contribution in [-0.4, -0.2) is 67.0 Å². The summed E-state index contributed by atoms with van der Waals surface area (Å²) in [5.74, 6) is -1.42.